The van der Waals surface area contributed by atoms with Gasteiger partial charge in [-0.05, 0) is 30.9 Å². The summed E-state index contributed by atoms with van der Waals surface area (Å²) in [5, 5.41) is 0.999. The van der Waals surface area contributed by atoms with Crippen LogP contribution in [-0.4, -0.2) is 22.8 Å². The summed E-state index contributed by atoms with van der Waals surface area (Å²) in [6.45, 7) is 2.61. The zero-order valence-electron chi connectivity index (χ0n) is 11.4. The third-order valence-corrected chi connectivity index (χ3v) is 3.63. The van der Waals surface area contributed by atoms with Crippen molar-refractivity contribution in [2.24, 2.45) is 0 Å². The minimum absolute atomic E-state index is 0.413. The third-order valence-electron chi connectivity index (χ3n) is 2.77. The molecule has 0 bridgehead atoms. The van der Waals surface area contributed by atoms with Gasteiger partial charge < -0.3 is 10.5 Å². The Hall–Kier alpha value is -1.46. The van der Waals surface area contributed by atoms with E-state index in [2.05, 4.69) is 9.97 Å². The predicted molar refractivity (Wildman–Crippen MR) is 83.7 cm³/mol. The van der Waals surface area contributed by atoms with Crippen molar-refractivity contribution in [3.05, 3.63) is 40.5 Å². The number of aromatic nitrogens is 2. The van der Waals surface area contributed by atoms with E-state index in [0.29, 0.717) is 29.2 Å². The van der Waals surface area contributed by atoms with Crippen LogP contribution in [0.1, 0.15) is 18.1 Å². The Morgan fingerprint density at radius 1 is 1.25 bits per heavy atom. The summed E-state index contributed by atoms with van der Waals surface area (Å²) in [4.78, 5) is 8.42. The molecule has 1 aromatic carbocycles. The lowest BCUT2D eigenvalue weighted by atomic mass is 10.1. The van der Waals surface area contributed by atoms with Gasteiger partial charge in [0.15, 0.2) is 5.16 Å². The maximum absolute atomic E-state index is 6.18. The Morgan fingerprint density at radius 2 is 1.95 bits per heavy atom. The molecule has 0 spiro atoms. The molecule has 0 amide bonds. The Morgan fingerprint density at radius 3 is 2.50 bits per heavy atom. The van der Waals surface area contributed by atoms with E-state index in [-0.39, 0.29) is 0 Å². The van der Waals surface area contributed by atoms with Gasteiger partial charge in [0.1, 0.15) is 16.7 Å². The number of ether oxygens (including phenoxy) is 1. The Kier molecular flexibility index (Phi) is 5.09. The molecule has 0 atom stereocenters. The number of thioether (sulfide) groups is 1. The summed E-state index contributed by atoms with van der Waals surface area (Å²) in [5.41, 5.74) is 7.79. The zero-order chi connectivity index (χ0) is 14.5. The zero-order valence-corrected chi connectivity index (χ0v) is 13.0. The van der Waals surface area contributed by atoms with Crippen molar-refractivity contribution >= 4 is 29.2 Å². The monoisotopic (exact) mass is 309 g/mol. The van der Waals surface area contributed by atoms with Gasteiger partial charge in [0.2, 0.25) is 0 Å². The molecule has 0 aliphatic heterocycles. The second-order valence-electron chi connectivity index (χ2n) is 4.12. The summed E-state index contributed by atoms with van der Waals surface area (Å²) < 4.78 is 5.41. The standard InChI is InChI=1S/C14H16ClN3OS/c1-3-19-10-6-4-9(5-7-10)8-11-12(15)17-14(20-2)18-13(11)16/h4-7H,3,8H2,1-2H3,(H2,16,17,18). The molecule has 0 unspecified atom stereocenters. The fourth-order valence-corrected chi connectivity index (χ4v) is 2.45. The predicted octanol–water partition coefficient (Wildman–Crippen LogP) is 3.42. The molecule has 0 aliphatic carbocycles. The fourth-order valence-electron chi connectivity index (χ4n) is 1.78. The summed E-state index contributed by atoms with van der Waals surface area (Å²) in [5.74, 6) is 1.28. The molecule has 0 saturated heterocycles. The van der Waals surface area contributed by atoms with Crippen molar-refractivity contribution in [3.63, 3.8) is 0 Å². The Balaban J connectivity index is 2.21. The first-order chi connectivity index (χ1) is 9.63. The maximum atomic E-state index is 6.18. The number of hydrogen-bond donors (Lipinski definition) is 1. The van der Waals surface area contributed by atoms with Crippen LogP contribution in [0.5, 0.6) is 5.75 Å². The molecule has 0 radical (unpaired) electrons. The van der Waals surface area contributed by atoms with Crippen LogP contribution in [0, 0.1) is 0 Å². The van der Waals surface area contributed by atoms with Gasteiger partial charge in [0, 0.05) is 12.0 Å². The first-order valence-electron chi connectivity index (χ1n) is 6.21. The van der Waals surface area contributed by atoms with Gasteiger partial charge in [0.05, 0.1) is 6.61 Å². The highest BCUT2D eigenvalue weighted by Gasteiger charge is 2.11. The first kappa shape index (κ1) is 14.9. The topological polar surface area (TPSA) is 61.0 Å². The number of hydrogen-bond acceptors (Lipinski definition) is 5. The highest BCUT2D eigenvalue weighted by molar-refractivity contribution is 7.98. The number of benzene rings is 1. The average molecular weight is 310 g/mol. The molecule has 6 heteroatoms. The second-order valence-corrected chi connectivity index (χ2v) is 5.25. The van der Waals surface area contributed by atoms with Crippen LogP contribution in [0.4, 0.5) is 5.82 Å². The molecular formula is C14H16ClN3OS. The van der Waals surface area contributed by atoms with E-state index >= 15 is 0 Å². The summed E-state index contributed by atoms with van der Waals surface area (Å²) in [6.07, 6.45) is 2.49. The van der Waals surface area contributed by atoms with Crippen molar-refractivity contribution in [1.29, 1.82) is 0 Å². The molecule has 0 saturated carbocycles. The normalized spacial score (nSPS) is 10.6. The molecule has 20 heavy (non-hydrogen) atoms. The van der Waals surface area contributed by atoms with Crippen LogP contribution in [0.25, 0.3) is 0 Å². The van der Waals surface area contributed by atoms with Crippen molar-refractivity contribution in [1.82, 2.24) is 9.97 Å². The van der Waals surface area contributed by atoms with Crippen molar-refractivity contribution in [2.45, 2.75) is 18.5 Å². The van der Waals surface area contributed by atoms with Crippen LogP contribution in [0.3, 0.4) is 0 Å². The number of nitrogens with two attached hydrogens (primary N) is 1. The average Bonchev–Trinajstić information content (AvgIpc) is 2.44. The van der Waals surface area contributed by atoms with E-state index in [1.165, 1.54) is 11.8 Å². The van der Waals surface area contributed by atoms with Gasteiger partial charge in [-0.15, -0.1) is 0 Å². The first-order valence-corrected chi connectivity index (χ1v) is 7.82. The Labute approximate surface area is 127 Å². The van der Waals surface area contributed by atoms with E-state index in [1.807, 2.05) is 37.4 Å². The molecule has 2 rings (SSSR count). The smallest absolute Gasteiger partial charge is 0.190 e. The van der Waals surface area contributed by atoms with E-state index in [0.717, 1.165) is 16.9 Å². The molecule has 4 nitrogen and oxygen atoms in total. The number of nitrogens with zero attached hydrogens (tertiary/aromatic N) is 2. The van der Waals surface area contributed by atoms with Crippen LogP contribution in [-0.2, 0) is 6.42 Å². The minimum atomic E-state index is 0.413. The van der Waals surface area contributed by atoms with Crippen LogP contribution < -0.4 is 10.5 Å². The fraction of sp³-hybridized carbons (Fsp3) is 0.286. The second kappa shape index (κ2) is 6.81. The van der Waals surface area contributed by atoms with Gasteiger partial charge in [0.25, 0.3) is 0 Å². The number of halogens is 1. The number of anilines is 1. The third kappa shape index (κ3) is 3.55. The van der Waals surface area contributed by atoms with Gasteiger partial charge in [-0.2, -0.15) is 0 Å². The Bertz CT molecular complexity index is 566. The molecule has 2 aromatic rings. The minimum Gasteiger partial charge on any atom is -0.494 e. The lowest BCUT2D eigenvalue weighted by molar-refractivity contribution is 0.340. The van der Waals surface area contributed by atoms with Gasteiger partial charge in [-0.1, -0.05) is 35.5 Å². The van der Waals surface area contributed by atoms with Gasteiger partial charge >= 0.3 is 0 Å². The lowest BCUT2D eigenvalue weighted by Gasteiger charge is -2.09. The molecule has 106 valence electrons. The highest BCUT2D eigenvalue weighted by atomic mass is 35.5. The van der Waals surface area contributed by atoms with Gasteiger partial charge in [-0.3, -0.25) is 0 Å². The molecule has 0 fully saturated rings. The van der Waals surface area contributed by atoms with E-state index in [1.54, 1.807) is 0 Å². The molecule has 0 aliphatic rings. The number of rotatable bonds is 5. The largest absolute Gasteiger partial charge is 0.494 e. The van der Waals surface area contributed by atoms with E-state index in [4.69, 9.17) is 22.1 Å². The van der Waals surface area contributed by atoms with Crippen LogP contribution >= 0.6 is 23.4 Å². The molecular weight excluding hydrogens is 294 g/mol. The van der Waals surface area contributed by atoms with E-state index < -0.39 is 0 Å². The quantitative estimate of drug-likeness (QED) is 0.521. The SMILES string of the molecule is CCOc1ccc(Cc2c(N)nc(SC)nc2Cl)cc1. The molecule has 2 N–H and O–H groups in total. The van der Waals surface area contributed by atoms with Gasteiger partial charge in [-0.25, -0.2) is 9.97 Å². The molecule has 1 heterocycles. The maximum Gasteiger partial charge on any atom is 0.190 e. The number of nitrogen functional groups attached to an aromatic ring is 1. The van der Waals surface area contributed by atoms with Crippen molar-refractivity contribution in [3.8, 4) is 5.75 Å². The van der Waals surface area contributed by atoms with Crippen LogP contribution in [0.15, 0.2) is 29.4 Å². The van der Waals surface area contributed by atoms with Crippen molar-refractivity contribution < 1.29 is 4.74 Å². The highest BCUT2D eigenvalue weighted by Crippen LogP contribution is 2.25. The summed E-state index contributed by atoms with van der Waals surface area (Å²) in [6, 6.07) is 7.84. The lowest BCUT2D eigenvalue weighted by Crippen LogP contribution is -2.03. The summed E-state index contributed by atoms with van der Waals surface area (Å²) in [7, 11) is 0. The molecule has 1 aromatic heterocycles. The van der Waals surface area contributed by atoms with Crippen molar-refractivity contribution in [2.75, 3.05) is 18.6 Å². The van der Waals surface area contributed by atoms with Crippen LogP contribution in [0.2, 0.25) is 5.15 Å². The van der Waals surface area contributed by atoms with E-state index in [9.17, 15) is 0 Å². The summed E-state index contributed by atoms with van der Waals surface area (Å²) >= 11 is 7.59.